The van der Waals surface area contributed by atoms with Crippen molar-refractivity contribution in [3.05, 3.63) is 17.5 Å². The fourth-order valence-electron chi connectivity index (χ4n) is 1.60. The van der Waals surface area contributed by atoms with Gasteiger partial charge in [0.15, 0.2) is 0 Å². The molecule has 1 aliphatic rings. The molecule has 0 bridgehead atoms. The first-order valence-corrected chi connectivity index (χ1v) is 6.90. The molecule has 6 heteroatoms. The van der Waals surface area contributed by atoms with Gasteiger partial charge >= 0.3 is 0 Å². The monoisotopic (exact) mass is 258 g/mol. The van der Waals surface area contributed by atoms with Gasteiger partial charge in [0.25, 0.3) is 0 Å². The molecule has 4 nitrogen and oxygen atoms in total. The van der Waals surface area contributed by atoms with Crippen molar-refractivity contribution in [1.82, 2.24) is 14.9 Å². The Balaban J connectivity index is 1.71. The predicted octanol–water partition coefficient (Wildman–Crippen LogP) is 1.59. The highest BCUT2D eigenvalue weighted by Crippen LogP contribution is 2.09. The van der Waals surface area contributed by atoms with Crippen LogP contribution in [0.2, 0.25) is 5.28 Å². The number of halogens is 1. The van der Waals surface area contributed by atoms with Crippen molar-refractivity contribution in [3.8, 4) is 0 Å². The van der Waals surface area contributed by atoms with Gasteiger partial charge in [-0.15, -0.1) is 0 Å². The largest absolute Gasteiger partial charge is 0.369 e. The van der Waals surface area contributed by atoms with Crippen molar-refractivity contribution in [2.24, 2.45) is 0 Å². The SMILES string of the molecule is Clc1nccc(NCCN2CCSCC2)n1. The standard InChI is InChI=1S/C10H15ClN4S/c11-10-13-2-1-9(14-10)12-3-4-15-5-7-16-8-6-15/h1-2H,3-8H2,(H,12,13,14). The molecule has 0 amide bonds. The zero-order chi connectivity index (χ0) is 11.2. The Bertz CT molecular complexity index is 330. The molecule has 1 saturated heterocycles. The molecule has 0 atom stereocenters. The lowest BCUT2D eigenvalue weighted by atomic mass is 10.4. The maximum Gasteiger partial charge on any atom is 0.224 e. The summed E-state index contributed by atoms with van der Waals surface area (Å²) in [6, 6.07) is 1.83. The van der Waals surface area contributed by atoms with Crippen LogP contribution in [-0.2, 0) is 0 Å². The van der Waals surface area contributed by atoms with Crippen LogP contribution in [0.5, 0.6) is 0 Å². The number of aromatic nitrogens is 2. The number of hydrogen-bond donors (Lipinski definition) is 1. The first kappa shape index (κ1) is 12.0. The summed E-state index contributed by atoms with van der Waals surface area (Å²) in [5.74, 6) is 3.30. The van der Waals surface area contributed by atoms with Crippen LogP contribution >= 0.6 is 23.4 Å². The first-order valence-electron chi connectivity index (χ1n) is 5.37. The lowest BCUT2D eigenvalue weighted by Crippen LogP contribution is -2.36. The minimum atomic E-state index is 0.291. The number of anilines is 1. The minimum absolute atomic E-state index is 0.291. The second-order valence-corrected chi connectivity index (χ2v) is 5.15. The Labute approximate surface area is 105 Å². The molecule has 88 valence electrons. The normalized spacial score (nSPS) is 17.3. The van der Waals surface area contributed by atoms with E-state index in [1.165, 1.54) is 24.6 Å². The van der Waals surface area contributed by atoms with Crippen molar-refractivity contribution in [2.75, 3.05) is 43.0 Å². The summed E-state index contributed by atoms with van der Waals surface area (Å²) in [4.78, 5) is 10.4. The third kappa shape index (κ3) is 3.81. The molecule has 1 aliphatic heterocycles. The van der Waals surface area contributed by atoms with Gasteiger partial charge in [-0.3, -0.25) is 4.90 Å². The van der Waals surface area contributed by atoms with Crippen LogP contribution in [0.1, 0.15) is 0 Å². The molecule has 0 radical (unpaired) electrons. The number of rotatable bonds is 4. The zero-order valence-corrected chi connectivity index (χ0v) is 10.6. The van der Waals surface area contributed by atoms with Crippen LogP contribution in [0, 0.1) is 0 Å². The first-order chi connectivity index (χ1) is 7.84. The van der Waals surface area contributed by atoms with E-state index in [-0.39, 0.29) is 0 Å². The van der Waals surface area contributed by atoms with Gasteiger partial charge in [-0.1, -0.05) is 0 Å². The average molecular weight is 259 g/mol. The summed E-state index contributed by atoms with van der Waals surface area (Å²) < 4.78 is 0. The zero-order valence-electron chi connectivity index (χ0n) is 9.03. The van der Waals surface area contributed by atoms with Crippen molar-refractivity contribution in [1.29, 1.82) is 0 Å². The second kappa shape index (κ2) is 6.27. The van der Waals surface area contributed by atoms with E-state index in [0.29, 0.717) is 5.28 Å². The highest BCUT2D eigenvalue weighted by atomic mass is 35.5. The maximum atomic E-state index is 5.70. The van der Waals surface area contributed by atoms with Gasteiger partial charge in [-0.25, -0.2) is 9.97 Å². The summed E-state index contributed by atoms with van der Waals surface area (Å²) in [7, 11) is 0. The number of thioether (sulfide) groups is 1. The van der Waals surface area contributed by atoms with Gasteiger partial charge in [0, 0.05) is 43.9 Å². The molecule has 0 unspecified atom stereocenters. The molecule has 0 spiro atoms. The smallest absolute Gasteiger partial charge is 0.224 e. The third-order valence-electron chi connectivity index (χ3n) is 2.46. The number of nitrogens with one attached hydrogen (secondary N) is 1. The van der Waals surface area contributed by atoms with E-state index in [0.717, 1.165) is 18.9 Å². The lowest BCUT2D eigenvalue weighted by Gasteiger charge is -2.26. The van der Waals surface area contributed by atoms with E-state index < -0.39 is 0 Å². The fraction of sp³-hybridized carbons (Fsp3) is 0.600. The van der Waals surface area contributed by atoms with Crippen LogP contribution in [-0.4, -0.2) is 52.6 Å². The second-order valence-electron chi connectivity index (χ2n) is 3.59. The molecule has 16 heavy (non-hydrogen) atoms. The van der Waals surface area contributed by atoms with E-state index in [2.05, 4.69) is 20.2 Å². The summed E-state index contributed by atoms with van der Waals surface area (Å²) >= 11 is 7.73. The van der Waals surface area contributed by atoms with E-state index in [4.69, 9.17) is 11.6 Å². The molecule has 1 aromatic heterocycles. The van der Waals surface area contributed by atoms with Gasteiger partial charge in [-0.2, -0.15) is 11.8 Å². The summed E-state index contributed by atoms with van der Waals surface area (Å²) in [5, 5.41) is 3.54. The van der Waals surface area contributed by atoms with Crippen molar-refractivity contribution >= 4 is 29.2 Å². The Hall–Kier alpha value is -0.520. The van der Waals surface area contributed by atoms with E-state index in [1.54, 1.807) is 6.20 Å². The van der Waals surface area contributed by atoms with Crippen molar-refractivity contribution in [3.63, 3.8) is 0 Å². The van der Waals surface area contributed by atoms with Gasteiger partial charge < -0.3 is 5.32 Å². The van der Waals surface area contributed by atoms with Crippen LogP contribution in [0.3, 0.4) is 0 Å². The van der Waals surface area contributed by atoms with Crippen LogP contribution in [0.4, 0.5) is 5.82 Å². The minimum Gasteiger partial charge on any atom is -0.369 e. The van der Waals surface area contributed by atoms with Crippen LogP contribution < -0.4 is 5.32 Å². The maximum absolute atomic E-state index is 5.70. The highest BCUT2D eigenvalue weighted by molar-refractivity contribution is 7.99. The van der Waals surface area contributed by atoms with Gasteiger partial charge in [0.1, 0.15) is 5.82 Å². The molecule has 0 saturated carbocycles. The lowest BCUT2D eigenvalue weighted by molar-refractivity contribution is 0.314. The van der Waals surface area contributed by atoms with E-state index in [9.17, 15) is 0 Å². The van der Waals surface area contributed by atoms with Crippen LogP contribution in [0.25, 0.3) is 0 Å². The molecular weight excluding hydrogens is 244 g/mol. The molecule has 1 fully saturated rings. The molecule has 0 aromatic carbocycles. The third-order valence-corrected chi connectivity index (χ3v) is 3.59. The fourth-order valence-corrected chi connectivity index (χ4v) is 2.73. The van der Waals surface area contributed by atoms with Gasteiger partial charge in [-0.05, 0) is 17.7 Å². The summed E-state index contributed by atoms with van der Waals surface area (Å²) in [5.41, 5.74) is 0. The molecule has 1 N–H and O–H groups in total. The Morgan fingerprint density at radius 1 is 1.44 bits per heavy atom. The van der Waals surface area contributed by atoms with Gasteiger partial charge in [0.2, 0.25) is 5.28 Å². The number of nitrogens with zero attached hydrogens (tertiary/aromatic N) is 3. The average Bonchev–Trinajstić information content (AvgIpc) is 2.30. The Morgan fingerprint density at radius 2 is 2.25 bits per heavy atom. The summed E-state index contributed by atoms with van der Waals surface area (Å²) in [6.45, 7) is 4.34. The topological polar surface area (TPSA) is 41.1 Å². The Kier molecular flexibility index (Phi) is 4.69. The van der Waals surface area contributed by atoms with Crippen molar-refractivity contribution < 1.29 is 0 Å². The van der Waals surface area contributed by atoms with E-state index in [1.807, 2.05) is 17.8 Å². The number of hydrogen-bond acceptors (Lipinski definition) is 5. The molecule has 2 heterocycles. The molecule has 2 rings (SSSR count). The van der Waals surface area contributed by atoms with Crippen molar-refractivity contribution in [2.45, 2.75) is 0 Å². The molecule has 1 aromatic rings. The Morgan fingerprint density at radius 3 is 3.00 bits per heavy atom. The van der Waals surface area contributed by atoms with E-state index >= 15 is 0 Å². The molecular formula is C10H15ClN4S. The highest BCUT2D eigenvalue weighted by Gasteiger charge is 2.09. The quantitative estimate of drug-likeness (QED) is 0.831. The molecule has 0 aliphatic carbocycles. The van der Waals surface area contributed by atoms with Crippen LogP contribution in [0.15, 0.2) is 12.3 Å². The summed E-state index contributed by atoms with van der Waals surface area (Å²) in [6.07, 6.45) is 1.66. The predicted molar refractivity (Wildman–Crippen MR) is 69.3 cm³/mol. The van der Waals surface area contributed by atoms with Gasteiger partial charge in [0.05, 0.1) is 0 Å².